The van der Waals surface area contributed by atoms with Gasteiger partial charge in [0.15, 0.2) is 0 Å². The predicted octanol–water partition coefficient (Wildman–Crippen LogP) is 2.87. The largest absolute Gasteiger partial charge is 0.497 e. The molecule has 1 fully saturated rings. The van der Waals surface area contributed by atoms with Crippen molar-refractivity contribution < 1.29 is 18.1 Å². The topological polar surface area (TPSA) is 31.6 Å². The van der Waals surface area contributed by atoms with Gasteiger partial charge in [0.25, 0.3) is 0 Å². The van der Waals surface area contributed by atoms with Crippen molar-refractivity contribution >= 4 is 23.6 Å². The van der Waals surface area contributed by atoms with Crippen LogP contribution in [0.2, 0.25) is 0 Å². The predicted molar refractivity (Wildman–Crippen MR) is 71.9 cm³/mol. The van der Waals surface area contributed by atoms with Gasteiger partial charge >= 0.3 is 7.12 Å². The summed E-state index contributed by atoms with van der Waals surface area (Å²) in [6.07, 6.45) is 1.54. The lowest BCUT2D eigenvalue weighted by molar-refractivity contribution is 0.00578. The lowest BCUT2D eigenvalue weighted by Crippen LogP contribution is -2.41. The van der Waals surface area contributed by atoms with Crippen LogP contribution in [0.25, 0.3) is 11.0 Å². The number of rotatable bonds is 1. The van der Waals surface area contributed by atoms with Crippen LogP contribution in [0.5, 0.6) is 0 Å². The summed E-state index contributed by atoms with van der Waals surface area (Å²) >= 11 is 0. The van der Waals surface area contributed by atoms with Crippen LogP contribution >= 0.6 is 0 Å². The van der Waals surface area contributed by atoms with Gasteiger partial charge in [-0.1, -0.05) is 0 Å². The van der Waals surface area contributed by atoms with Gasteiger partial charge in [0, 0.05) is 10.8 Å². The van der Waals surface area contributed by atoms with E-state index < -0.39 is 18.3 Å². The fourth-order valence-electron chi connectivity index (χ4n) is 2.15. The second-order valence-electron chi connectivity index (χ2n) is 5.92. The minimum Gasteiger partial charge on any atom is -0.464 e. The van der Waals surface area contributed by atoms with Crippen LogP contribution in [0.3, 0.4) is 0 Å². The van der Waals surface area contributed by atoms with E-state index in [-0.39, 0.29) is 5.82 Å². The summed E-state index contributed by atoms with van der Waals surface area (Å²) < 4.78 is 31.2. The highest BCUT2D eigenvalue weighted by atomic mass is 19.1. The Labute approximate surface area is 111 Å². The minimum absolute atomic E-state index is 0.340. The molecule has 1 aromatic carbocycles. The van der Waals surface area contributed by atoms with E-state index in [4.69, 9.17) is 13.7 Å². The highest BCUT2D eigenvalue weighted by molar-refractivity contribution is 6.62. The number of furan rings is 1. The van der Waals surface area contributed by atoms with E-state index in [2.05, 4.69) is 0 Å². The molecule has 1 aromatic heterocycles. The van der Waals surface area contributed by atoms with E-state index in [1.54, 1.807) is 12.1 Å². The number of benzene rings is 1. The zero-order valence-electron chi connectivity index (χ0n) is 11.5. The number of hydrogen-bond donors (Lipinski definition) is 0. The van der Waals surface area contributed by atoms with E-state index >= 15 is 0 Å². The standard InChI is InChI=1S/C14H16BFO3/c1-13(2)14(3,4)19-15(18-13)10-8-12-9(5-6-17-12)7-11(10)16/h5-8H,1-4H3. The van der Waals surface area contributed by atoms with Gasteiger partial charge in [-0.2, -0.15) is 0 Å². The number of halogens is 1. The second kappa shape index (κ2) is 3.84. The third-order valence-corrected chi connectivity index (χ3v) is 4.08. The molecular weight excluding hydrogens is 246 g/mol. The Morgan fingerprint density at radius 1 is 1.05 bits per heavy atom. The Balaban J connectivity index is 2.04. The molecule has 0 amide bonds. The molecule has 0 spiro atoms. The van der Waals surface area contributed by atoms with E-state index in [9.17, 15) is 4.39 Å². The summed E-state index contributed by atoms with van der Waals surface area (Å²) in [6.45, 7) is 7.76. The molecule has 0 bridgehead atoms. The van der Waals surface area contributed by atoms with Gasteiger partial charge in [-0.25, -0.2) is 4.39 Å². The Morgan fingerprint density at radius 2 is 1.68 bits per heavy atom. The van der Waals surface area contributed by atoms with Crippen LogP contribution in [-0.4, -0.2) is 18.3 Å². The van der Waals surface area contributed by atoms with E-state index in [0.29, 0.717) is 11.0 Å². The molecule has 2 heterocycles. The molecular formula is C14H16BFO3. The number of hydrogen-bond acceptors (Lipinski definition) is 3. The zero-order valence-corrected chi connectivity index (χ0v) is 11.5. The first-order valence-electron chi connectivity index (χ1n) is 6.32. The van der Waals surface area contributed by atoms with Gasteiger partial charge in [-0.15, -0.1) is 0 Å². The lowest BCUT2D eigenvalue weighted by Gasteiger charge is -2.32. The molecule has 3 rings (SSSR count). The molecule has 100 valence electrons. The van der Waals surface area contributed by atoms with E-state index in [1.807, 2.05) is 27.7 Å². The zero-order chi connectivity index (χ0) is 13.8. The summed E-state index contributed by atoms with van der Waals surface area (Å²) in [6, 6.07) is 4.82. The first kappa shape index (κ1) is 12.7. The van der Waals surface area contributed by atoms with Gasteiger partial charge in [-0.05, 0) is 45.9 Å². The molecule has 0 unspecified atom stereocenters. The van der Waals surface area contributed by atoms with Gasteiger partial charge in [-0.3, -0.25) is 0 Å². The minimum atomic E-state index is -0.709. The molecule has 2 aromatic rings. The molecule has 1 saturated heterocycles. The molecule has 0 N–H and O–H groups in total. The second-order valence-corrected chi connectivity index (χ2v) is 5.92. The van der Waals surface area contributed by atoms with Crippen LogP contribution in [-0.2, 0) is 9.31 Å². The lowest BCUT2D eigenvalue weighted by atomic mass is 9.78. The fraction of sp³-hybridized carbons (Fsp3) is 0.429. The fourth-order valence-corrected chi connectivity index (χ4v) is 2.15. The smallest absolute Gasteiger partial charge is 0.464 e. The van der Waals surface area contributed by atoms with Crippen LogP contribution in [0, 0.1) is 5.82 Å². The Morgan fingerprint density at radius 3 is 2.32 bits per heavy atom. The Kier molecular flexibility index (Phi) is 2.56. The first-order chi connectivity index (χ1) is 8.80. The Bertz CT molecular complexity index is 617. The first-order valence-corrected chi connectivity index (χ1v) is 6.32. The van der Waals surface area contributed by atoms with Gasteiger partial charge in [0.05, 0.1) is 17.5 Å². The van der Waals surface area contributed by atoms with Crippen molar-refractivity contribution in [3.8, 4) is 0 Å². The summed E-state index contributed by atoms with van der Waals surface area (Å²) in [4.78, 5) is 0. The average Bonchev–Trinajstić information content (AvgIpc) is 2.80. The van der Waals surface area contributed by atoms with Gasteiger partial charge in [0.2, 0.25) is 0 Å². The van der Waals surface area contributed by atoms with Crippen LogP contribution in [0.15, 0.2) is 28.9 Å². The molecule has 1 aliphatic heterocycles. The SMILES string of the molecule is CC1(C)OB(c2cc3occc3cc2F)OC1(C)C. The van der Waals surface area contributed by atoms with Crippen LogP contribution in [0.4, 0.5) is 4.39 Å². The maximum absolute atomic E-state index is 14.2. The molecule has 0 aliphatic carbocycles. The summed E-state index contributed by atoms with van der Waals surface area (Å²) in [5, 5.41) is 0.734. The summed E-state index contributed by atoms with van der Waals surface area (Å²) in [5.41, 5.74) is 0.0389. The Hall–Kier alpha value is -1.33. The molecule has 0 atom stereocenters. The molecule has 5 heteroatoms. The highest BCUT2D eigenvalue weighted by Crippen LogP contribution is 2.36. The van der Waals surface area contributed by atoms with Gasteiger partial charge in [0.1, 0.15) is 11.4 Å². The van der Waals surface area contributed by atoms with Crippen molar-refractivity contribution in [2.75, 3.05) is 0 Å². The normalized spacial score (nSPS) is 21.2. The molecule has 1 aliphatic rings. The molecule has 19 heavy (non-hydrogen) atoms. The van der Waals surface area contributed by atoms with Crippen molar-refractivity contribution in [2.45, 2.75) is 38.9 Å². The van der Waals surface area contributed by atoms with Crippen molar-refractivity contribution in [1.29, 1.82) is 0 Å². The van der Waals surface area contributed by atoms with Crippen molar-refractivity contribution in [3.05, 3.63) is 30.3 Å². The van der Waals surface area contributed by atoms with Crippen molar-refractivity contribution in [2.24, 2.45) is 0 Å². The molecule has 0 saturated carbocycles. The molecule has 3 nitrogen and oxygen atoms in total. The third kappa shape index (κ3) is 1.88. The maximum atomic E-state index is 14.2. The maximum Gasteiger partial charge on any atom is 0.497 e. The monoisotopic (exact) mass is 262 g/mol. The van der Waals surface area contributed by atoms with E-state index in [1.165, 1.54) is 12.3 Å². The van der Waals surface area contributed by atoms with Crippen molar-refractivity contribution in [1.82, 2.24) is 0 Å². The van der Waals surface area contributed by atoms with Gasteiger partial charge < -0.3 is 13.7 Å². The van der Waals surface area contributed by atoms with E-state index in [0.717, 1.165) is 5.39 Å². The molecule has 0 radical (unpaired) electrons. The van der Waals surface area contributed by atoms with Crippen LogP contribution < -0.4 is 5.46 Å². The highest BCUT2D eigenvalue weighted by Gasteiger charge is 2.52. The average molecular weight is 262 g/mol. The quantitative estimate of drug-likeness (QED) is 0.740. The summed E-state index contributed by atoms with van der Waals surface area (Å²) in [5.74, 6) is -0.340. The van der Waals surface area contributed by atoms with Crippen LogP contribution in [0.1, 0.15) is 27.7 Å². The number of fused-ring (bicyclic) bond motifs is 1. The third-order valence-electron chi connectivity index (χ3n) is 4.08. The van der Waals surface area contributed by atoms with Crippen molar-refractivity contribution in [3.63, 3.8) is 0 Å². The summed E-state index contributed by atoms with van der Waals surface area (Å²) in [7, 11) is -0.709.